The first-order valence-electron chi connectivity index (χ1n) is 15.1. The normalized spacial score (nSPS) is 30.1. The minimum absolute atomic E-state index is 0.184. The number of aliphatic hydroxyl groups excluding tert-OH is 1. The van der Waals surface area contributed by atoms with Crippen molar-refractivity contribution in [3.05, 3.63) is 59.7 Å². The van der Waals surface area contributed by atoms with Gasteiger partial charge in [-0.2, -0.15) is 22.0 Å². The van der Waals surface area contributed by atoms with E-state index in [2.05, 4.69) is 6.92 Å². The van der Waals surface area contributed by atoms with Crippen molar-refractivity contribution in [1.29, 1.82) is 0 Å². The Morgan fingerprint density at radius 1 is 0.886 bits per heavy atom. The molecule has 12 heteroatoms. The highest BCUT2D eigenvalue weighted by atomic mass is 32.2. The maximum absolute atomic E-state index is 13.0. The summed E-state index contributed by atoms with van der Waals surface area (Å²) < 4.78 is 99.4. The Bertz CT molecular complexity index is 1410. The van der Waals surface area contributed by atoms with Gasteiger partial charge in [0.25, 0.3) is 0 Å². The topological polar surface area (TPSA) is 96.4 Å². The fourth-order valence-electron chi connectivity index (χ4n) is 7.33. The van der Waals surface area contributed by atoms with Crippen molar-refractivity contribution in [2.24, 2.45) is 11.3 Å². The lowest BCUT2D eigenvalue weighted by molar-refractivity contribution is -0.284. The third-order valence-electron chi connectivity index (χ3n) is 9.99. The lowest BCUT2D eigenvalue weighted by Gasteiger charge is -2.43. The summed E-state index contributed by atoms with van der Waals surface area (Å²) in [7, 11) is -3.73. The maximum atomic E-state index is 13.0. The molecule has 3 fully saturated rings. The molecule has 44 heavy (non-hydrogen) atoms. The molecule has 1 saturated heterocycles. The lowest BCUT2D eigenvalue weighted by Crippen LogP contribution is -2.44. The van der Waals surface area contributed by atoms with Crippen LogP contribution >= 0.6 is 0 Å². The van der Waals surface area contributed by atoms with Crippen molar-refractivity contribution in [3.8, 4) is 11.5 Å². The molecule has 5 rings (SSSR count). The summed E-state index contributed by atoms with van der Waals surface area (Å²) in [4.78, 5) is 0. The number of halogens is 5. The molecule has 0 radical (unpaired) electrons. The van der Waals surface area contributed by atoms with Gasteiger partial charge in [-0.25, -0.2) is 8.42 Å². The molecule has 2 aromatic carbocycles. The number of fused-ring (bicyclic) bond motifs is 2. The zero-order chi connectivity index (χ0) is 32.0. The number of hydrogen-bond acceptors (Lipinski definition) is 6. The van der Waals surface area contributed by atoms with Crippen LogP contribution in [-0.4, -0.2) is 54.9 Å². The zero-order valence-electron chi connectivity index (χ0n) is 24.6. The fraction of sp³-hybridized carbons (Fsp3) is 0.625. The van der Waals surface area contributed by atoms with Gasteiger partial charge in [0.05, 0.1) is 24.2 Å². The van der Waals surface area contributed by atoms with E-state index in [1.54, 1.807) is 12.1 Å². The number of sulfone groups is 1. The average molecular weight is 647 g/mol. The summed E-state index contributed by atoms with van der Waals surface area (Å²) in [6, 6.07) is 14.8. The number of aliphatic hydroxyl groups is 1. The van der Waals surface area contributed by atoms with E-state index in [4.69, 9.17) is 9.47 Å². The number of rotatable bonds is 13. The molecule has 6 nitrogen and oxygen atoms in total. The second kappa shape index (κ2) is 11.7. The predicted molar refractivity (Wildman–Crippen MR) is 153 cm³/mol. The van der Waals surface area contributed by atoms with E-state index in [0.717, 1.165) is 30.4 Å². The molecule has 0 amide bonds. The number of aromatic hydroxyl groups is 1. The standard InChI is InChI=1S/C32H39F5O6S/c1-28-21-30(29(43-30,20-24(28)10-15-27(28)39)22-6-11-25(38)12-7-22)23-8-13-26(14-9-23)42-17-3-2-4-18-44(40,41)19-5-16-31(33,34)32(35,36)37/h6-9,11-14,24,27,38-39H,2-5,10,15-21H2,1H3/t24-,27-,28-,29+,30?/m0/s1. The fourth-order valence-corrected chi connectivity index (χ4v) is 8.76. The van der Waals surface area contributed by atoms with Gasteiger partial charge in [0, 0.05) is 6.42 Å². The first-order chi connectivity index (χ1) is 20.5. The highest BCUT2D eigenvalue weighted by molar-refractivity contribution is 7.91. The summed E-state index contributed by atoms with van der Waals surface area (Å²) in [5, 5.41) is 20.8. The van der Waals surface area contributed by atoms with Crippen LogP contribution in [0.15, 0.2) is 48.5 Å². The molecule has 244 valence electrons. The summed E-state index contributed by atoms with van der Waals surface area (Å²) in [6.45, 7) is 2.47. The predicted octanol–water partition coefficient (Wildman–Crippen LogP) is 7.03. The van der Waals surface area contributed by atoms with Crippen molar-refractivity contribution in [3.63, 3.8) is 0 Å². The van der Waals surface area contributed by atoms with E-state index in [9.17, 15) is 40.6 Å². The average Bonchev–Trinajstić information content (AvgIpc) is 3.53. The third-order valence-corrected chi connectivity index (χ3v) is 11.8. The van der Waals surface area contributed by atoms with Crippen molar-refractivity contribution in [2.75, 3.05) is 18.1 Å². The Kier molecular flexibility index (Phi) is 8.78. The zero-order valence-corrected chi connectivity index (χ0v) is 25.4. The molecule has 0 aromatic heterocycles. The number of phenolic OH excluding ortho intramolecular Hbond substituents is 1. The monoisotopic (exact) mass is 646 g/mol. The Hall–Kier alpha value is -2.44. The third kappa shape index (κ3) is 6.18. The SMILES string of the molecule is C[C@]12CC3(c4ccc(OCCCCCS(=O)(=O)CCCC(F)(F)C(F)(F)F)cc4)O[C@@]3(c3ccc(O)cc3)C[C@@H]1CC[C@@H]2O. The van der Waals surface area contributed by atoms with E-state index in [-0.39, 0.29) is 23.3 Å². The van der Waals surface area contributed by atoms with Crippen molar-refractivity contribution < 1.29 is 50.1 Å². The van der Waals surface area contributed by atoms with Gasteiger partial charge >= 0.3 is 12.1 Å². The molecule has 2 aliphatic carbocycles. The summed E-state index contributed by atoms with van der Waals surface area (Å²) in [6.07, 6.45) is -3.95. The van der Waals surface area contributed by atoms with Gasteiger partial charge in [-0.3, -0.25) is 0 Å². The minimum Gasteiger partial charge on any atom is -0.508 e. The Morgan fingerprint density at radius 2 is 1.50 bits per heavy atom. The van der Waals surface area contributed by atoms with Crippen LogP contribution in [0.5, 0.6) is 11.5 Å². The van der Waals surface area contributed by atoms with Gasteiger partial charge in [0.2, 0.25) is 0 Å². The molecule has 2 aromatic rings. The summed E-state index contributed by atoms with van der Waals surface area (Å²) in [5.74, 6) is -4.75. The number of benzene rings is 2. The maximum Gasteiger partial charge on any atom is 0.453 e. The summed E-state index contributed by atoms with van der Waals surface area (Å²) in [5.41, 5.74) is 0.549. The number of epoxide rings is 1. The largest absolute Gasteiger partial charge is 0.508 e. The van der Waals surface area contributed by atoms with Crippen molar-refractivity contribution >= 4 is 9.84 Å². The van der Waals surface area contributed by atoms with Crippen LogP contribution in [0.25, 0.3) is 0 Å². The first-order valence-corrected chi connectivity index (χ1v) is 16.9. The van der Waals surface area contributed by atoms with Crippen LogP contribution in [0, 0.1) is 11.3 Å². The lowest BCUT2D eigenvalue weighted by atomic mass is 9.58. The molecule has 1 heterocycles. The second-order valence-electron chi connectivity index (χ2n) is 12.9. The molecular formula is C32H39F5O6S. The smallest absolute Gasteiger partial charge is 0.453 e. The van der Waals surface area contributed by atoms with E-state index >= 15 is 0 Å². The molecule has 5 atom stereocenters. The molecule has 3 aliphatic rings. The van der Waals surface area contributed by atoms with Crippen LogP contribution in [0.4, 0.5) is 22.0 Å². The van der Waals surface area contributed by atoms with E-state index in [0.29, 0.717) is 37.5 Å². The summed E-state index contributed by atoms with van der Waals surface area (Å²) >= 11 is 0. The van der Waals surface area contributed by atoms with Crippen molar-refractivity contribution in [2.45, 2.75) is 94.1 Å². The molecule has 0 spiro atoms. The number of unbranched alkanes of at least 4 members (excludes halogenated alkanes) is 2. The van der Waals surface area contributed by atoms with E-state index in [1.165, 1.54) is 0 Å². The number of alkyl halides is 5. The molecule has 1 aliphatic heterocycles. The van der Waals surface area contributed by atoms with Gasteiger partial charge in [-0.05, 0) is 98.1 Å². The highest BCUT2D eigenvalue weighted by Crippen LogP contribution is 2.75. The first kappa shape index (κ1) is 32.9. The Morgan fingerprint density at radius 3 is 2.16 bits per heavy atom. The van der Waals surface area contributed by atoms with Gasteiger partial charge < -0.3 is 19.7 Å². The number of hydrogen-bond donors (Lipinski definition) is 2. The quantitative estimate of drug-likeness (QED) is 0.138. The van der Waals surface area contributed by atoms with Crippen LogP contribution in [0.2, 0.25) is 0 Å². The minimum atomic E-state index is -5.68. The highest BCUT2D eigenvalue weighted by Gasteiger charge is 2.78. The van der Waals surface area contributed by atoms with Crippen LogP contribution in [-0.2, 0) is 25.8 Å². The second-order valence-corrected chi connectivity index (χ2v) is 15.2. The molecule has 2 saturated carbocycles. The van der Waals surface area contributed by atoms with Crippen LogP contribution < -0.4 is 4.74 Å². The molecule has 1 unspecified atom stereocenters. The Labute approximate surface area is 254 Å². The van der Waals surface area contributed by atoms with E-state index in [1.807, 2.05) is 36.4 Å². The van der Waals surface area contributed by atoms with Gasteiger partial charge in [0.15, 0.2) is 0 Å². The Balaban J connectivity index is 1.13. The van der Waals surface area contributed by atoms with E-state index < -0.39 is 57.8 Å². The molecule has 0 bridgehead atoms. The van der Waals surface area contributed by atoms with Gasteiger partial charge in [-0.15, -0.1) is 0 Å². The van der Waals surface area contributed by atoms with Gasteiger partial charge in [-0.1, -0.05) is 31.2 Å². The van der Waals surface area contributed by atoms with Crippen molar-refractivity contribution in [1.82, 2.24) is 0 Å². The molecule has 2 N–H and O–H groups in total. The van der Waals surface area contributed by atoms with Crippen LogP contribution in [0.3, 0.4) is 0 Å². The van der Waals surface area contributed by atoms with Crippen LogP contribution in [0.1, 0.15) is 75.8 Å². The number of phenols is 1. The molecular weight excluding hydrogens is 607 g/mol. The van der Waals surface area contributed by atoms with Gasteiger partial charge in [0.1, 0.15) is 32.5 Å². The number of ether oxygens (including phenoxy) is 2.